The van der Waals surface area contributed by atoms with E-state index in [4.69, 9.17) is 36.0 Å². The van der Waals surface area contributed by atoms with Crippen molar-refractivity contribution >= 4 is 27.4 Å². The molecule has 0 spiro atoms. The molecule has 19 heteroatoms. The maximum absolute atomic E-state index is 14.3. The number of rotatable bonds is 30. The topological polar surface area (TPSA) is 108 Å². The summed E-state index contributed by atoms with van der Waals surface area (Å²) in [5, 5.41) is -2.41. The zero-order valence-corrected chi connectivity index (χ0v) is 42.3. The minimum Gasteiger partial charge on any atom is -0.374 e. The number of sulfone groups is 1. The SMILES string of the molecule is CCO[Si](CCCCOC1(Cc2ccccc2C(F)(F)F)C=CC(S(=O)(=O)C2C=CC(Cc3ccccc3C(F)(F)F)(OCCCC[Si](OCC)(OCC)OCC)C=C2)C=C1)(OCC)OCC. The van der Waals surface area contributed by atoms with E-state index >= 15 is 0 Å². The minimum atomic E-state index is -4.64. The van der Waals surface area contributed by atoms with Crippen LogP contribution in [-0.4, -0.2) is 101 Å². The lowest BCUT2D eigenvalue weighted by Crippen LogP contribution is -2.46. The largest absolute Gasteiger partial charge is 0.500 e. The highest BCUT2D eigenvalue weighted by Gasteiger charge is 2.43. The summed E-state index contributed by atoms with van der Waals surface area (Å²) in [6, 6.07) is 11.4. The van der Waals surface area contributed by atoms with Gasteiger partial charge in [0.25, 0.3) is 0 Å². The van der Waals surface area contributed by atoms with Gasteiger partial charge in [-0.15, -0.1) is 0 Å². The van der Waals surface area contributed by atoms with Crippen LogP contribution in [0, 0.1) is 0 Å². The van der Waals surface area contributed by atoms with Crippen LogP contribution in [0.3, 0.4) is 0 Å². The average molecular weight is 1010 g/mol. The van der Waals surface area contributed by atoms with Crippen LogP contribution in [0.25, 0.3) is 0 Å². The second-order valence-corrected chi connectivity index (χ2v) is 23.8. The van der Waals surface area contributed by atoms with Crippen LogP contribution >= 0.6 is 0 Å². The third-order valence-corrected chi connectivity index (χ3v) is 19.7. The van der Waals surface area contributed by atoms with Crippen LogP contribution in [0.2, 0.25) is 12.1 Å². The van der Waals surface area contributed by atoms with Crippen LogP contribution in [0.15, 0.2) is 97.1 Å². The molecule has 2 aliphatic rings. The maximum atomic E-state index is 14.3. The van der Waals surface area contributed by atoms with Crippen molar-refractivity contribution in [3.8, 4) is 0 Å². The smallest absolute Gasteiger partial charge is 0.374 e. The Morgan fingerprint density at radius 1 is 0.493 bits per heavy atom. The highest BCUT2D eigenvalue weighted by Crippen LogP contribution is 2.39. The molecule has 0 aliphatic heterocycles. The fraction of sp³-hybridized carbons (Fsp3) is 0.583. The molecule has 376 valence electrons. The van der Waals surface area contributed by atoms with E-state index in [0.717, 1.165) is 12.1 Å². The molecule has 0 fully saturated rings. The molecule has 0 atom stereocenters. The predicted octanol–water partition coefficient (Wildman–Crippen LogP) is 11.1. The zero-order valence-electron chi connectivity index (χ0n) is 39.5. The van der Waals surface area contributed by atoms with Gasteiger partial charge in [0.05, 0.1) is 21.6 Å². The molecule has 0 N–H and O–H groups in total. The van der Waals surface area contributed by atoms with Gasteiger partial charge in [-0.25, -0.2) is 8.42 Å². The number of benzene rings is 2. The molecule has 0 aromatic heterocycles. The molecule has 0 radical (unpaired) electrons. The third-order valence-electron chi connectivity index (χ3n) is 11.3. The molecule has 0 bridgehead atoms. The van der Waals surface area contributed by atoms with E-state index in [1.54, 1.807) is 0 Å². The Morgan fingerprint density at radius 3 is 1.07 bits per heavy atom. The van der Waals surface area contributed by atoms with E-state index in [1.807, 2.05) is 41.5 Å². The highest BCUT2D eigenvalue weighted by atomic mass is 32.2. The van der Waals surface area contributed by atoms with E-state index in [9.17, 15) is 34.8 Å². The zero-order chi connectivity index (χ0) is 49.2. The molecule has 67 heavy (non-hydrogen) atoms. The van der Waals surface area contributed by atoms with E-state index in [2.05, 4.69) is 0 Å². The molecule has 0 saturated heterocycles. The first kappa shape index (κ1) is 56.6. The van der Waals surface area contributed by atoms with Crippen LogP contribution in [-0.2, 0) is 71.1 Å². The highest BCUT2D eigenvalue weighted by molar-refractivity contribution is 7.93. The second-order valence-electron chi connectivity index (χ2n) is 16.1. The van der Waals surface area contributed by atoms with Gasteiger partial charge in [0.1, 0.15) is 11.2 Å². The van der Waals surface area contributed by atoms with Crippen molar-refractivity contribution in [3.63, 3.8) is 0 Å². The molecule has 2 aliphatic carbocycles. The summed E-state index contributed by atoms with van der Waals surface area (Å²) in [6.45, 7) is 13.8. The molecule has 0 unspecified atom stereocenters. The summed E-state index contributed by atoms with van der Waals surface area (Å²) in [5.74, 6) is 0. The molecule has 0 amide bonds. The molecular formula is C48H68F6O10SSi2. The van der Waals surface area contributed by atoms with Gasteiger partial charge in [0, 0.05) is 77.8 Å². The second kappa shape index (κ2) is 25.8. The van der Waals surface area contributed by atoms with Crippen LogP contribution in [0.1, 0.15) is 89.5 Å². The van der Waals surface area contributed by atoms with Gasteiger partial charge in [0.15, 0.2) is 9.84 Å². The van der Waals surface area contributed by atoms with Crippen molar-refractivity contribution in [3.05, 3.63) is 119 Å². The molecule has 2 aromatic rings. The van der Waals surface area contributed by atoms with E-state index < -0.39 is 72.6 Å². The Hall–Kier alpha value is -2.96. The van der Waals surface area contributed by atoms with Gasteiger partial charge >= 0.3 is 30.0 Å². The van der Waals surface area contributed by atoms with Crippen LogP contribution in [0.4, 0.5) is 26.3 Å². The average Bonchev–Trinajstić information content (AvgIpc) is 3.27. The van der Waals surface area contributed by atoms with Gasteiger partial charge in [-0.05, 0) is 90.5 Å². The summed E-state index contributed by atoms with van der Waals surface area (Å²) in [7, 11) is -10.0. The quantitative estimate of drug-likeness (QED) is 0.0325. The van der Waals surface area contributed by atoms with Gasteiger partial charge in [-0.2, -0.15) is 26.3 Å². The Labute approximate surface area is 395 Å². The summed E-state index contributed by atoms with van der Waals surface area (Å²) in [6.07, 6.45) is 4.05. The minimum absolute atomic E-state index is 0.0260. The lowest BCUT2D eigenvalue weighted by Gasteiger charge is -2.34. The van der Waals surface area contributed by atoms with Crippen LogP contribution in [0.5, 0.6) is 0 Å². The van der Waals surface area contributed by atoms with Gasteiger partial charge in [-0.1, -0.05) is 85.0 Å². The van der Waals surface area contributed by atoms with Crippen molar-refractivity contribution in [1.29, 1.82) is 0 Å². The van der Waals surface area contributed by atoms with E-state index in [1.165, 1.54) is 85.0 Å². The van der Waals surface area contributed by atoms with Crippen molar-refractivity contribution in [2.45, 2.75) is 126 Å². The van der Waals surface area contributed by atoms with Gasteiger partial charge in [-0.3, -0.25) is 0 Å². The fourth-order valence-corrected chi connectivity index (χ4v) is 15.3. The standard InChI is InChI=1S/C48H68F6O10SSi2/c1-7-59-66(60-8-2,61-9-3)35-19-17-33-57-45(37-39-21-13-15-23-43(39)47(49,50)51)29-25-41(26-30-45)65(55,56)42-27-31-46(32-28-42,38-40-22-14-16-24-44(40)48(52,53)54)58-34-18-20-36-67(62-10-4,63-11-5)64-12-6/h13-16,21-32,41-42H,7-12,17-20,33-38H2,1-6H3. The maximum Gasteiger partial charge on any atom is 0.500 e. The Balaban J connectivity index is 1.57. The van der Waals surface area contributed by atoms with Gasteiger partial charge < -0.3 is 36.0 Å². The molecular weight excluding hydrogens is 939 g/mol. The van der Waals surface area contributed by atoms with E-state index in [-0.39, 0.29) is 37.2 Å². The number of hydrogen-bond donors (Lipinski definition) is 0. The van der Waals surface area contributed by atoms with Crippen molar-refractivity contribution in [2.75, 3.05) is 52.9 Å². The van der Waals surface area contributed by atoms with Crippen molar-refractivity contribution in [2.24, 2.45) is 0 Å². The summed E-state index contributed by atoms with van der Waals surface area (Å²) in [4.78, 5) is 0. The first-order valence-electron chi connectivity index (χ1n) is 23.2. The summed E-state index contributed by atoms with van der Waals surface area (Å²) in [5.41, 5.74) is -4.56. The summed E-state index contributed by atoms with van der Waals surface area (Å²) >= 11 is 0. The number of unbranched alkanes of at least 4 members (excludes halogenated alkanes) is 2. The predicted molar refractivity (Wildman–Crippen MR) is 250 cm³/mol. The summed E-state index contributed by atoms with van der Waals surface area (Å²) < 4.78 is 162. The first-order valence-corrected chi connectivity index (χ1v) is 28.7. The van der Waals surface area contributed by atoms with Gasteiger partial charge in [0.2, 0.25) is 0 Å². The lowest BCUT2D eigenvalue weighted by molar-refractivity contribution is -0.139. The van der Waals surface area contributed by atoms with Crippen molar-refractivity contribution in [1.82, 2.24) is 0 Å². The monoisotopic (exact) mass is 1010 g/mol. The number of halogens is 6. The third kappa shape index (κ3) is 16.0. The fourth-order valence-electron chi connectivity index (χ4n) is 8.33. The Kier molecular flexibility index (Phi) is 21.8. The van der Waals surface area contributed by atoms with E-state index in [0.29, 0.717) is 77.4 Å². The molecule has 10 nitrogen and oxygen atoms in total. The first-order chi connectivity index (χ1) is 31.8. The molecule has 4 rings (SSSR count). The van der Waals surface area contributed by atoms with Crippen molar-refractivity contribution < 1.29 is 70.8 Å². The number of alkyl halides is 6. The number of ether oxygens (including phenoxy) is 2. The molecule has 0 heterocycles. The molecule has 2 aromatic carbocycles. The Morgan fingerprint density at radius 2 is 0.791 bits per heavy atom. The lowest BCUT2D eigenvalue weighted by atomic mass is 9.88. The normalized spacial score (nSPS) is 21.4. The Bertz CT molecular complexity index is 1860. The van der Waals surface area contributed by atoms with Crippen LogP contribution < -0.4 is 0 Å². The molecule has 0 saturated carbocycles. The number of hydrogen-bond acceptors (Lipinski definition) is 10.